The lowest BCUT2D eigenvalue weighted by Crippen LogP contribution is -2.08. The fraction of sp³-hybridized carbons (Fsp3) is 0.462. The van der Waals surface area contributed by atoms with Crippen LogP contribution in [0.3, 0.4) is 0 Å². The number of anilines is 1. The quantitative estimate of drug-likeness (QED) is 0.839. The average molecular weight is 250 g/mol. The van der Waals surface area contributed by atoms with E-state index >= 15 is 0 Å². The molecule has 3 nitrogen and oxygen atoms in total. The summed E-state index contributed by atoms with van der Waals surface area (Å²) in [5.41, 5.74) is 7.93. The summed E-state index contributed by atoms with van der Waals surface area (Å²) in [4.78, 5) is 4.39. The standard InChI is InChI=1S/C13H16ClN3/c1-8-5-6-9(7-8)17-11-4-2-3-10(14)12(11)16-13(17)15/h2-4,8-9H,5-7H2,1H3,(H2,15,16). The minimum atomic E-state index is 0.480. The fourth-order valence-electron chi connectivity index (χ4n) is 2.90. The molecule has 0 amide bonds. The van der Waals surface area contributed by atoms with E-state index in [1.165, 1.54) is 19.3 Å². The smallest absolute Gasteiger partial charge is 0.201 e. The minimum Gasteiger partial charge on any atom is -0.369 e. The van der Waals surface area contributed by atoms with Crippen molar-refractivity contribution in [3.05, 3.63) is 23.2 Å². The highest BCUT2D eigenvalue weighted by Crippen LogP contribution is 2.38. The lowest BCUT2D eigenvalue weighted by atomic mass is 10.1. The first-order chi connectivity index (χ1) is 8.16. The summed E-state index contributed by atoms with van der Waals surface area (Å²) in [6.07, 6.45) is 3.63. The number of para-hydroxylation sites is 1. The molecular weight excluding hydrogens is 234 g/mol. The number of hydrogen-bond donors (Lipinski definition) is 1. The largest absolute Gasteiger partial charge is 0.369 e. The number of nitrogens with two attached hydrogens (primary N) is 1. The van der Waals surface area contributed by atoms with Gasteiger partial charge in [-0.05, 0) is 37.3 Å². The van der Waals surface area contributed by atoms with Gasteiger partial charge in [-0.15, -0.1) is 0 Å². The highest BCUT2D eigenvalue weighted by molar-refractivity contribution is 6.35. The highest BCUT2D eigenvalue weighted by atomic mass is 35.5. The number of aromatic nitrogens is 2. The van der Waals surface area contributed by atoms with Gasteiger partial charge in [0.25, 0.3) is 0 Å². The van der Waals surface area contributed by atoms with Gasteiger partial charge in [0.15, 0.2) is 0 Å². The molecule has 3 rings (SSSR count). The van der Waals surface area contributed by atoms with Crippen molar-refractivity contribution >= 4 is 28.6 Å². The molecular formula is C13H16ClN3. The third-order valence-electron chi connectivity index (χ3n) is 3.73. The monoisotopic (exact) mass is 249 g/mol. The van der Waals surface area contributed by atoms with Crippen LogP contribution in [0.2, 0.25) is 5.02 Å². The van der Waals surface area contributed by atoms with Gasteiger partial charge in [-0.1, -0.05) is 24.6 Å². The normalized spacial score (nSPS) is 24.6. The van der Waals surface area contributed by atoms with Crippen LogP contribution < -0.4 is 5.73 Å². The molecule has 1 aromatic carbocycles. The van der Waals surface area contributed by atoms with Crippen molar-refractivity contribution in [1.29, 1.82) is 0 Å². The second-order valence-electron chi connectivity index (χ2n) is 5.02. The van der Waals surface area contributed by atoms with Crippen molar-refractivity contribution in [2.45, 2.75) is 32.2 Å². The Morgan fingerprint density at radius 2 is 2.24 bits per heavy atom. The minimum absolute atomic E-state index is 0.480. The molecule has 2 aromatic rings. The van der Waals surface area contributed by atoms with Crippen molar-refractivity contribution in [2.75, 3.05) is 5.73 Å². The maximum Gasteiger partial charge on any atom is 0.201 e. The lowest BCUT2D eigenvalue weighted by molar-refractivity contribution is 0.510. The van der Waals surface area contributed by atoms with Gasteiger partial charge in [0, 0.05) is 6.04 Å². The Hall–Kier alpha value is -1.22. The predicted octanol–water partition coefficient (Wildman–Crippen LogP) is 3.63. The first kappa shape index (κ1) is 10.9. The van der Waals surface area contributed by atoms with Crippen LogP contribution in [0, 0.1) is 5.92 Å². The molecule has 0 radical (unpaired) electrons. The zero-order valence-electron chi connectivity index (χ0n) is 9.86. The van der Waals surface area contributed by atoms with Gasteiger partial charge >= 0.3 is 0 Å². The van der Waals surface area contributed by atoms with Gasteiger partial charge in [0.1, 0.15) is 5.52 Å². The zero-order chi connectivity index (χ0) is 12.0. The Bertz CT molecular complexity index is 561. The molecule has 17 heavy (non-hydrogen) atoms. The summed E-state index contributed by atoms with van der Waals surface area (Å²) >= 11 is 6.15. The molecule has 0 aliphatic heterocycles. The number of hydrogen-bond acceptors (Lipinski definition) is 2. The number of fused-ring (bicyclic) bond motifs is 1. The predicted molar refractivity (Wildman–Crippen MR) is 71.2 cm³/mol. The number of imidazole rings is 1. The van der Waals surface area contributed by atoms with Crippen LogP contribution in [-0.4, -0.2) is 9.55 Å². The van der Waals surface area contributed by atoms with Crippen LogP contribution in [0.5, 0.6) is 0 Å². The van der Waals surface area contributed by atoms with E-state index in [0.29, 0.717) is 17.0 Å². The Kier molecular flexibility index (Phi) is 2.51. The SMILES string of the molecule is CC1CCC(n2c(N)nc3c(Cl)cccc32)C1. The number of nitrogens with zero attached hydrogens (tertiary/aromatic N) is 2. The van der Waals surface area contributed by atoms with Gasteiger partial charge in [0.05, 0.1) is 10.5 Å². The highest BCUT2D eigenvalue weighted by Gasteiger charge is 2.26. The molecule has 2 unspecified atom stereocenters. The summed E-state index contributed by atoms with van der Waals surface area (Å²) in [5, 5.41) is 0.680. The van der Waals surface area contributed by atoms with Gasteiger partial charge in [-0.25, -0.2) is 4.98 Å². The van der Waals surface area contributed by atoms with E-state index in [1.54, 1.807) is 0 Å². The fourth-order valence-corrected chi connectivity index (χ4v) is 3.11. The molecule has 4 heteroatoms. The Labute approximate surface area is 106 Å². The Morgan fingerprint density at radius 1 is 1.41 bits per heavy atom. The van der Waals surface area contributed by atoms with Crippen molar-refractivity contribution in [3.8, 4) is 0 Å². The van der Waals surface area contributed by atoms with Gasteiger partial charge < -0.3 is 10.3 Å². The van der Waals surface area contributed by atoms with Crippen LogP contribution in [0.4, 0.5) is 5.95 Å². The summed E-state index contributed by atoms with van der Waals surface area (Å²) < 4.78 is 2.16. The van der Waals surface area contributed by atoms with E-state index in [0.717, 1.165) is 17.0 Å². The lowest BCUT2D eigenvalue weighted by Gasteiger charge is -2.14. The average Bonchev–Trinajstić information content (AvgIpc) is 2.82. The van der Waals surface area contributed by atoms with E-state index in [4.69, 9.17) is 17.3 Å². The molecule has 2 atom stereocenters. The van der Waals surface area contributed by atoms with Crippen molar-refractivity contribution in [1.82, 2.24) is 9.55 Å². The first-order valence-electron chi connectivity index (χ1n) is 6.08. The van der Waals surface area contributed by atoms with Crippen LogP contribution in [-0.2, 0) is 0 Å². The zero-order valence-corrected chi connectivity index (χ0v) is 10.6. The molecule has 90 valence electrons. The van der Waals surface area contributed by atoms with Crippen LogP contribution in [0.15, 0.2) is 18.2 Å². The molecule has 1 heterocycles. The Balaban J connectivity index is 2.16. The summed E-state index contributed by atoms with van der Waals surface area (Å²) in [6.45, 7) is 2.29. The third kappa shape index (κ3) is 1.69. The van der Waals surface area contributed by atoms with Crippen molar-refractivity contribution in [3.63, 3.8) is 0 Å². The molecule has 0 bridgehead atoms. The number of benzene rings is 1. The molecule has 1 aromatic heterocycles. The van der Waals surface area contributed by atoms with E-state index in [9.17, 15) is 0 Å². The van der Waals surface area contributed by atoms with Crippen LogP contribution in [0.25, 0.3) is 11.0 Å². The van der Waals surface area contributed by atoms with E-state index in [2.05, 4.69) is 16.5 Å². The number of rotatable bonds is 1. The second-order valence-corrected chi connectivity index (χ2v) is 5.43. The van der Waals surface area contributed by atoms with Crippen molar-refractivity contribution < 1.29 is 0 Å². The summed E-state index contributed by atoms with van der Waals surface area (Å²) in [5.74, 6) is 1.36. The van der Waals surface area contributed by atoms with Gasteiger partial charge in [-0.2, -0.15) is 0 Å². The third-order valence-corrected chi connectivity index (χ3v) is 4.04. The topological polar surface area (TPSA) is 43.8 Å². The van der Waals surface area contributed by atoms with Crippen LogP contribution >= 0.6 is 11.6 Å². The molecule has 0 saturated heterocycles. The Morgan fingerprint density at radius 3 is 2.94 bits per heavy atom. The number of nitrogen functional groups attached to an aromatic ring is 1. The maximum atomic E-state index is 6.15. The van der Waals surface area contributed by atoms with E-state index in [-0.39, 0.29) is 0 Å². The molecule has 1 aliphatic rings. The van der Waals surface area contributed by atoms with Crippen LogP contribution in [0.1, 0.15) is 32.2 Å². The van der Waals surface area contributed by atoms with Gasteiger partial charge in [0.2, 0.25) is 5.95 Å². The van der Waals surface area contributed by atoms with E-state index < -0.39 is 0 Å². The summed E-state index contributed by atoms with van der Waals surface area (Å²) in [6, 6.07) is 6.35. The van der Waals surface area contributed by atoms with Gasteiger partial charge in [-0.3, -0.25) is 0 Å². The second kappa shape index (κ2) is 3.91. The molecule has 2 N–H and O–H groups in total. The molecule has 1 aliphatic carbocycles. The van der Waals surface area contributed by atoms with E-state index in [1.807, 2.05) is 18.2 Å². The molecule has 0 spiro atoms. The van der Waals surface area contributed by atoms with Crippen molar-refractivity contribution in [2.24, 2.45) is 5.92 Å². The summed E-state index contributed by atoms with van der Waals surface area (Å²) in [7, 11) is 0. The number of halogens is 1. The first-order valence-corrected chi connectivity index (χ1v) is 6.46. The molecule has 1 fully saturated rings. The molecule has 1 saturated carbocycles. The maximum absolute atomic E-state index is 6.15.